The van der Waals surface area contributed by atoms with Crippen molar-refractivity contribution in [1.82, 2.24) is 19.4 Å². The lowest BCUT2D eigenvalue weighted by molar-refractivity contribution is -0.137. The van der Waals surface area contributed by atoms with Crippen molar-refractivity contribution in [3.05, 3.63) is 88.4 Å². The van der Waals surface area contributed by atoms with Crippen molar-refractivity contribution in [2.45, 2.75) is 31.0 Å². The van der Waals surface area contributed by atoms with Crippen LogP contribution in [-0.2, 0) is 20.8 Å². The minimum absolute atomic E-state index is 0.0959. The van der Waals surface area contributed by atoms with Crippen LogP contribution in [0.1, 0.15) is 18.1 Å². The van der Waals surface area contributed by atoms with Crippen molar-refractivity contribution < 1.29 is 35.2 Å². The Labute approximate surface area is 254 Å². The van der Waals surface area contributed by atoms with Crippen LogP contribution >= 0.6 is 0 Å². The van der Waals surface area contributed by atoms with Gasteiger partial charge in [0.1, 0.15) is 17.3 Å². The molecule has 1 aliphatic rings. The number of halogens is 5. The number of piperazine rings is 1. The molecule has 0 bridgehead atoms. The number of aryl methyl sites for hydroxylation is 1. The Morgan fingerprint density at radius 3 is 2.38 bits per heavy atom. The lowest BCUT2D eigenvalue weighted by Crippen LogP contribution is -2.54. The van der Waals surface area contributed by atoms with Gasteiger partial charge >= 0.3 is 11.9 Å². The summed E-state index contributed by atoms with van der Waals surface area (Å²) in [4.78, 5) is 37.2. The molecule has 2 aromatic heterocycles. The van der Waals surface area contributed by atoms with Gasteiger partial charge < -0.3 is 9.80 Å². The van der Waals surface area contributed by atoms with Crippen LogP contribution in [0.25, 0.3) is 28.0 Å². The number of fused-ring (bicyclic) bond motifs is 1. The van der Waals surface area contributed by atoms with Crippen LogP contribution in [0.2, 0.25) is 0 Å². The monoisotopic (exact) mass is 647 g/mol. The van der Waals surface area contributed by atoms with E-state index in [1.165, 1.54) is 30.0 Å². The van der Waals surface area contributed by atoms with Crippen LogP contribution in [0, 0.1) is 18.6 Å². The van der Waals surface area contributed by atoms with Crippen molar-refractivity contribution in [3.63, 3.8) is 0 Å². The number of sulfone groups is 1. The maximum Gasteiger partial charge on any atom is 0.417 e. The molecule has 1 aliphatic heterocycles. The van der Waals surface area contributed by atoms with Gasteiger partial charge in [-0.05, 0) is 49.8 Å². The molecule has 0 saturated carbocycles. The lowest BCUT2D eigenvalue weighted by atomic mass is 10.0. The predicted molar refractivity (Wildman–Crippen MR) is 157 cm³/mol. The van der Waals surface area contributed by atoms with Crippen molar-refractivity contribution in [3.8, 4) is 16.9 Å². The summed E-state index contributed by atoms with van der Waals surface area (Å²) in [5.74, 6) is -3.18. The Bertz CT molecular complexity index is 2050. The van der Waals surface area contributed by atoms with Gasteiger partial charge in [0.25, 0.3) is 0 Å². The number of rotatable bonds is 5. The van der Waals surface area contributed by atoms with Crippen molar-refractivity contribution in [2.75, 3.05) is 30.8 Å². The summed E-state index contributed by atoms with van der Waals surface area (Å²) in [6.45, 7) is 7.17. The summed E-state index contributed by atoms with van der Waals surface area (Å²) < 4.78 is 99.3. The maximum atomic E-state index is 15.9. The van der Waals surface area contributed by atoms with E-state index in [0.717, 1.165) is 35.1 Å². The van der Waals surface area contributed by atoms with Gasteiger partial charge in [0.05, 0.1) is 27.1 Å². The molecule has 5 rings (SSSR count). The third kappa shape index (κ3) is 5.67. The summed E-state index contributed by atoms with van der Waals surface area (Å²) in [5.41, 5.74) is -5.17. The second-order valence-corrected chi connectivity index (χ2v) is 12.6. The van der Waals surface area contributed by atoms with Crippen LogP contribution in [0.4, 0.5) is 27.8 Å². The molecule has 9 nitrogen and oxygen atoms in total. The first-order valence-corrected chi connectivity index (χ1v) is 15.4. The van der Waals surface area contributed by atoms with Crippen LogP contribution < -0.4 is 10.6 Å². The molecule has 0 radical (unpaired) electrons. The number of aromatic nitrogens is 3. The summed E-state index contributed by atoms with van der Waals surface area (Å²) >= 11 is 0. The number of pyridine rings is 1. The van der Waals surface area contributed by atoms with Crippen LogP contribution in [0.15, 0.2) is 64.8 Å². The topological polar surface area (TPSA) is 105 Å². The Morgan fingerprint density at radius 2 is 1.76 bits per heavy atom. The average Bonchev–Trinajstić information content (AvgIpc) is 2.96. The van der Waals surface area contributed by atoms with E-state index in [1.54, 1.807) is 11.8 Å². The normalized spacial score (nSPS) is 15.9. The SMILES string of the molecule is C=CC(=O)N1CCN(c2nc(=O)n(-c3c(C)cccc3S(C)(=O)=O)c3nc(-c4c(F)cccc4C(F)(F)F)c(F)cc23)[C@@H](C)C1. The highest BCUT2D eigenvalue weighted by atomic mass is 32.2. The van der Waals surface area contributed by atoms with Gasteiger partial charge in [-0.25, -0.2) is 31.5 Å². The van der Waals surface area contributed by atoms with Crippen molar-refractivity contribution in [1.29, 1.82) is 0 Å². The molecule has 1 amide bonds. The number of carbonyl (C=O) groups is 1. The molecular weight excluding hydrogens is 621 g/mol. The highest BCUT2D eigenvalue weighted by Gasteiger charge is 2.37. The molecular formula is C30H26F5N5O4S. The summed E-state index contributed by atoms with van der Waals surface area (Å²) in [5, 5.41) is -0.154. The fourth-order valence-corrected chi connectivity index (χ4v) is 6.45. The predicted octanol–water partition coefficient (Wildman–Crippen LogP) is 4.68. The number of hydrogen-bond acceptors (Lipinski definition) is 7. The number of anilines is 1. The molecule has 0 aliphatic carbocycles. The molecule has 3 heterocycles. The Balaban J connectivity index is 1.89. The molecule has 1 atom stereocenters. The summed E-state index contributed by atoms with van der Waals surface area (Å²) in [7, 11) is -4.00. The fraction of sp³-hybridized carbons (Fsp3) is 0.267. The van der Waals surface area contributed by atoms with E-state index >= 15 is 8.78 Å². The highest BCUT2D eigenvalue weighted by Crippen LogP contribution is 2.40. The Hall–Kier alpha value is -4.66. The number of carbonyl (C=O) groups excluding carboxylic acids is 1. The first-order valence-electron chi connectivity index (χ1n) is 13.5. The molecule has 45 heavy (non-hydrogen) atoms. The molecule has 1 fully saturated rings. The molecule has 1 saturated heterocycles. The molecule has 0 unspecified atom stereocenters. The van der Waals surface area contributed by atoms with E-state index < -0.39 is 61.8 Å². The zero-order valence-corrected chi connectivity index (χ0v) is 25.0. The maximum absolute atomic E-state index is 15.9. The van der Waals surface area contributed by atoms with Gasteiger partial charge in [-0.1, -0.05) is 24.8 Å². The zero-order valence-electron chi connectivity index (χ0n) is 24.2. The van der Waals surface area contributed by atoms with E-state index in [-0.39, 0.29) is 52.9 Å². The third-order valence-electron chi connectivity index (χ3n) is 7.57. The number of benzene rings is 2. The second kappa shape index (κ2) is 11.4. The molecule has 0 N–H and O–H groups in total. The van der Waals surface area contributed by atoms with Crippen LogP contribution in [-0.4, -0.2) is 65.7 Å². The Kier molecular flexibility index (Phi) is 8.02. The largest absolute Gasteiger partial charge is 0.417 e. The third-order valence-corrected chi connectivity index (χ3v) is 8.70. The highest BCUT2D eigenvalue weighted by molar-refractivity contribution is 7.90. The first kappa shape index (κ1) is 31.8. The first-order chi connectivity index (χ1) is 21.0. The number of amides is 1. The molecule has 15 heteroatoms. The minimum atomic E-state index is -5.10. The van der Waals surface area contributed by atoms with Crippen molar-refractivity contribution >= 4 is 32.6 Å². The summed E-state index contributed by atoms with van der Waals surface area (Å²) in [6.07, 6.45) is -3.04. The van der Waals surface area contributed by atoms with Gasteiger partial charge in [-0.3, -0.25) is 4.79 Å². The van der Waals surface area contributed by atoms with Gasteiger partial charge in [0, 0.05) is 31.9 Å². The number of alkyl halides is 3. The van der Waals surface area contributed by atoms with Crippen molar-refractivity contribution in [2.24, 2.45) is 0 Å². The van der Waals surface area contributed by atoms with Crippen LogP contribution in [0.3, 0.4) is 0 Å². The molecule has 236 valence electrons. The van der Waals surface area contributed by atoms with E-state index in [2.05, 4.69) is 16.5 Å². The fourth-order valence-electron chi connectivity index (χ4n) is 5.52. The standard InChI is InChI=1S/C30H26F5N5O4S/c1-5-23(41)38-12-13-39(17(3)15-38)27-18-14-21(32)25(24-19(30(33,34)35)9-7-10-20(24)31)36-28(18)40(29(42)37-27)26-16(2)8-6-11-22(26)45(4,43)44/h5-11,14,17H,1,12-13,15H2,2-4H3/t17-/m0/s1. The van der Waals surface area contributed by atoms with E-state index in [1.807, 2.05) is 0 Å². The Morgan fingerprint density at radius 1 is 1.07 bits per heavy atom. The molecule has 2 aromatic carbocycles. The van der Waals surface area contributed by atoms with Crippen LogP contribution in [0.5, 0.6) is 0 Å². The molecule has 4 aromatic rings. The summed E-state index contributed by atoms with van der Waals surface area (Å²) in [6, 6.07) is 6.59. The average molecular weight is 648 g/mol. The van der Waals surface area contributed by atoms with Gasteiger partial charge in [0.2, 0.25) is 5.91 Å². The van der Waals surface area contributed by atoms with Gasteiger partial charge in [0.15, 0.2) is 21.3 Å². The van der Waals surface area contributed by atoms with E-state index in [9.17, 15) is 31.2 Å². The number of nitrogens with zero attached hydrogens (tertiary/aromatic N) is 5. The van der Waals surface area contributed by atoms with E-state index in [0.29, 0.717) is 6.07 Å². The zero-order chi connectivity index (χ0) is 33.0. The quantitative estimate of drug-likeness (QED) is 0.229. The molecule has 0 spiro atoms. The lowest BCUT2D eigenvalue weighted by Gasteiger charge is -2.40. The number of para-hydroxylation sites is 1. The number of hydrogen-bond donors (Lipinski definition) is 0. The van der Waals surface area contributed by atoms with Gasteiger partial charge in [-0.2, -0.15) is 18.2 Å². The second-order valence-electron chi connectivity index (χ2n) is 10.6. The smallest absolute Gasteiger partial charge is 0.350 e. The minimum Gasteiger partial charge on any atom is -0.350 e. The van der Waals surface area contributed by atoms with E-state index in [4.69, 9.17) is 0 Å². The van der Waals surface area contributed by atoms with Gasteiger partial charge in [-0.15, -0.1) is 0 Å².